The molecule has 1 aromatic heterocycles. The Balaban J connectivity index is 1.61. The maximum Gasteiger partial charge on any atom is 0.197 e. The molecule has 0 saturated carbocycles. The van der Waals surface area contributed by atoms with Gasteiger partial charge in [-0.15, -0.1) is 11.3 Å². The van der Waals surface area contributed by atoms with Crippen LogP contribution in [-0.4, -0.2) is 10.8 Å². The summed E-state index contributed by atoms with van der Waals surface area (Å²) in [5.74, 6) is 0.756. The van der Waals surface area contributed by atoms with E-state index in [2.05, 4.69) is 4.98 Å². The second-order valence-corrected chi connectivity index (χ2v) is 7.20. The highest BCUT2D eigenvalue weighted by atomic mass is 32.1. The lowest BCUT2D eigenvalue weighted by Gasteiger charge is -2.06. The van der Waals surface area contributed by atoms with Gasteiger partial charge in [0.2, 0.25) is 0 Å². The zero-order chi connectivity index (χ0) is 17.6. The van der Waals surface area contributed by atoms with Gasteiger partial charge in [0.05, 0.1) is 4.88 Å². The number of carbonyl (C=O) groups excluding carboxylic acids is 1. The summed E-state index contributed by atoms with van der Waals surface area (Å²) in [5.41, 5.74) is 2.88. The largest absolute Gasteiger partial charge is 0.489 e. The zero-order valence-electron chi connectivity index (χ0n) is 13.7. The number of hydrogen-bond acceptors (Lipinski definition) is 4. The number of hydrogen-bond donors (Lipinski definition) is 1. The maximum absolute atomic E-state index is 12.2. The van der Waals surface area contributed by atoms with Crippen LogP contribution in [0.4, 0.5) is 0 Å². The van der Waals surface area contributed by atoms with Gasteiger partial charge in [-0.1, -0.05) is 48.5 Å². The number of nitrogens with one attached hydrogen (secondary N) is 1. The normalized spacial score (nSPS) is 10.9. The number of rotatable bonds is 6. The van der Waals surface area contributed by atoms with Gasteiger partial charge in [-0.2, -0.15) is 0 Å². The molecule has 5 heteroatoms. The van der Waals surface area contributed by atoms with Crippen LogP contribution in [0.2, 0.25) is 0 Å². The van der Waals surface area contributed by atoms with Crippen LogP contribution in [0.5, 0.6) is 5.75 Å². The first-order valence-corrected chi connectivity index (χ1v) is 9.03. The lowest BCUT2D eigenvalue weighted by atomic mass is 10.1. The maximum atomic E-state index is 12.2. The van der Waals surface area contributed by atoms with Crippen LogP contribution in [0.3, 0.4) is 0 Å². The lowest BCUT2D eigenvalue weighted by molar-refractivity contribution is 0.105. The molecule has 0 amide bonds. The standard InChI is InChI=1S/C20H17NO2S2/c1-14-19(25-20(24)21-14)18(22)12-9-15-7-10-17(11-8-15)23-13-16-5-3-2-4-6-16/h2-12H,13H2,1H3,(H,21,24)/b12-9+. The van der Waals surface area contributed by atoms with Crippen LogP contribution in [0.15, 0.2) is 60.7 Å². The Hall–Kier alpha value is -2.50. The first kappa shape index (κ1) is 17.3. The third-order valence-corrected chi connectivity index (χ3v) is 4.96. The number of thiazole rings is 1. The van der Waals surface area contributed by atoms with E-state index in [1.807, 2.05) is 61.5 Å². The number of ether oxygens (including phenoxy) is 1. The lowest BCUT2D eigenvalue weighted by Crippen LogP contribution is -1.95. The van der Waals surface area contributed by atoms with Gasteiger partial charge < -0.3 is 9.72 Å². The van der Waals surface area contributed by atoms with Crippen LogP contribution in [0, 0.1) is 10.9 Å². The molecule has 126 valence electrons. The monoisotopic (exact) mass is 367 g/mol. The fraction of sp³-hybridized carbons (Fsp3) is 0.100. The number of carbonyl (C=O) groups is 1. The highest BCUT2D eigenvalue weighted by Crippen LogP contribution is 2.18. The number of aryl methyl sites for hydroxylation is 1. The van der Waals surface area contributed by atoms with Crippen LogP contribution in [-0.2, 0) is 6.61 Å². The van der Waals surface area contributed by atoms with E-state index in [-0.39, 0.29) is 5.78 Å². The summed E-state index contributed by atoms with van der Waals surface area (Å²) in [4.78, 5) is 15.9. The molecule has 3 aromatic rings. The number of aromatic amines is 1. The molecule has 3 rings (SSSR count). The van der Waals surface area contributed by atoms with Gasteiger partial charge in [-0.25, -0.2) is 0 Å². The van der Waals surface area contributed by atoms with Crippen molar-refractivity contribution in [2.45, 2.75) is 13.5 Å². The van der Waals surface area contributed by atoms with Crippen molar-refractivity contribution in [3.8, 4) is 5.75 Å². The van der Waals surface area contributed by atoms with Gasteiger partial charge in [0, 0.05) is 5.69 Å². The van der Waals surface area contributed by atoms with Crippen molar-refractivity contribution in [2.24, 2.45) is 0 Å². The van der Waals surface area contributed by atoms with E-state index < -0.39 is 0 Å². The van der Waals surface area contributed by atoms with Crippen molar-refractivity contribution in [3.05, 3.63) is 86.3 Å². The number of aromatic nitrogens is 1. The molecule has 0 aliphatic carbocycles. The average Bonchev–Trinajstić information content (AvgIpc) is 2.98. The fourth-order valence-electron chi connectivity index (χ4n) is 2.30. The van der Waals surface area contributed by atoms with E-state index in [0.717, 1.165) is 22.6 Å². The van der Waals surface area contributed by atoms with E-state index in [1.165, 1.54) is 11.3 Å². The molecule has 1 N–H and O–H groups in total. The quantitative estimate of drug-likeness (QED) is 0.351. The van der Waals surface area contributed by atoms with E-state index in [9.17, 15) is 4.79 Å². The topological polar surface area (TPSA) is 42.1 Å². The van der Waals surface area contributed by atoms with Gasteiger partial charge in [-0.05, 0) is 48.5 Å². The van der Waals surface area contributed by atoms with Crippen molar-refractivity contribution in [1.29, 1.82) is 0 Å². The van der Waals surface area contributed by atoms with Crippen molar-refractivity contribution in [2.75, 3.05) is 0 Å². The summed E-state index contributed by atoms with van der Waals surface area (Å²) in [6.07, 6.45) is 3.37. The Labute approximate surface area is 155 Å². The third kappa shape index (κ3) is 4.75. The molecule has 0 saturated heterocycles. The van der Waals surface area contributed by atoms with E-state index in [0.29, 0.717) is 15.4 Å². The second-order valence-electron chi connectivity index (χ2n) is 5.51. The minimum absolute atomic E-state index is 0.0424. The Kier molecular flexibility index (Phi) is 5.58. The Morgan fingerprint density at radius 1 is 1.16 bits per heavy atom. The first-order valence-electron chi connectivity index (χ1n) is 7.81. The number of H-pyrrole nitrogens is 1. The Morgan fingerprint density at radius 2 is 1.88 bits per heavy atom. The first-order chi connectivity index (χ1) is 12.1. The molecular weight excluding hydrogens is 350 g/mol. The molecule has 0 fully saturated rings. The van der Waals surface area contributed by atoms with Crippen molar-refractivity contribution < 1.29 is 9.53 Å². The smallest absolute Gasteiger partial charge is 0.197 e. The Bertz CT molecular complexity index is 938. The fourth-order valence-corrected chi connectivity index (χ4v) is 3.47. The van der Waals surface area contributed by atoms with E-state index in [1.54, 1.807) is 12.2 Å². The molecule has 0 unspecified atom stereocenters. The molecule has 0 bridgehead atoms. The number of benzene rings is 2. The summed E-state index contributed by atoms with van der Waals surface area (Å²) in [6.45, 7) is 2.39. The average molecular weight is 367 g/mol. The molecule has 3 nitrogen and oxygen atoms in total. The summed E-state index contributed by atoms with van der Waals surface area (Å²) < 4.78 is 6.37. The van der Waals surface area contributed by atoms with Gasteiger partial charge in [0.15, 0.2) is 9.74 Å². The van der Waals surface area contributed by atoms with E-state index >= 15 is 0 Å². The molecule has 0 atom stereocenters. The van der Waals surface area contributed by atoms with Crippen LogP contribution >= 0.6 is 23.6 Å². The SMILES string of the molecule is Cc1[nH]c(=S)sc1C(=O)/C=C/c1ccc(OCc2ccccc2)cc1. The van der Waals surface area contributed by atoms with Gasteiger partial charge in [0.1, 0.15) is 12.4 Å². The summed E-state index contributed by atoms with van der Waals surface area (Å²) >= 11 is 6.37. The molecule has 1 heterocycles. The molecule has 0 spiro atoms. The zero-order valence-corrected chi connectivity index (χ0v) is 15.3. The minimum atomic E-state index is -0.0424. The molecule has 0 aliphatic heterocycles. The molecule has 25 heavy (non-hydrogen) atoms. The van der Waals surface area contributed by atoms with Crippen LogP contribution in [0.25, 0.3) is 6.08 Å². The number of allylic oxidation sites excluding steroid dienone is 1. The molecule has 0 radical (unpaired) electrons. The predicted molar refractivity (Wildman–Crippen MR) is 105 cm³/mol. The molecule has 0 aliphatic rings. The third-order valence-electron chi connectivity index (χ3n) is 3.60. The molecule has 2 aromatic carbocycles. The Morgan fingerprint density at radius 3 is 2.52 bits per heavy atom. The van der Waals surface area contributed by atoms with Crippen LogP contribution in [0.1, 0.15) is 26.5 Å². The minimum Gasteiger partial charge on any atom is -0.489 e. The predicted octanol–water partition coefficient (Wildman–Crippen LogP) is 5.59. The summed E-state index contributed by atoms with van der Waals surface area (Å²) in [7, 11) is 0. The van der Waals surface area contributed by atoms with Gasteiger partial charge in [-0.3, -0.25) is 4.79 Å². The van der Waals surface area contributed by atoms with E-state index in [4.69, 9.17) is 17.0 Å². The number of ketones is 1. The van der Waals surface area contributed by atoms with Crippen molar-refractivity contribution in [3.63, 3.8) is 0 Å². The van der Waals surface area contributed by atoms with Crippen molar-refractivity contribution >= 4 is 35.4 Å². The highest BCUT2D eigenvalue weighted by Gasteiger charge is 2.08. The molecular formula is C20H17NO2S2. The second kappa shape index (κ2) is 8.05. The summed E-state index contributed by atoms with van der Waals surface area (Å²) in [5, 5.41) is 0. The van der Waals surface area contributed by atoms with Gasteiger partial charge in [0.25, 0.3) is 0 Å². The summed E-state index contributed by atoms with van der Waals surface area (Å²) in [6, 6.07) is 17.7. The van der Waals surface area contributed by atoms with Crippen molar-refractivity contribution in [1.82, 2.24) is 4.98 Å². The highest BCUT2D eigenvalue weighted by molar-refractivity contribution is 7.73. The van der Waals surface area contributed by atoms with Crippen LogP contribution < -0.4 is 4.74 Å². The van der Waals surface area contributed by atoms with Gasteiger partial charge >= 0.3 is 0 Å².